The highest BCUT2D eigenvalue weighted by atomic mass is 16.5. The van der Waals surface area contributed by atoms with Crippen LogP contribution in [0.25, 0.3) is 16.0 Å². The first-order chi connectivity index (χ1) is 14.6. The molecule has 0 radical (unpaired) electrons. The summed E-state index contributed by atoms with van der Waals surface area (Å²) >= 11 is 0. The molecule has 0 spiro atoms. The molecular formula is C21H21N7O2. The summed E-state index contributed by atoms with van der Waals surface area (Å²) in [7, 11) is 1.61. The van der Waals surface area contributed by atoms with Gasteiger partial charge in [-0.3, -0.25) is 13.9 Å². The van der Waals surface area contributed by atoms with Crippen molar-refractivity contribution in [2.24, 2.45) is 7.05 Å². The lowest BCUT2D eigenvalue weighted by Crippen LogP contribution is -2.44. The minimum atomic E-state index is -0.261. The summed E-state index contributed by atoms with van der Waals surface area (Å²) in [6, 6.07) is 6.84. The molecule has 1 aromatic carbocycles. The molecule has 0 aliphatic carbocycles. The maximum absolute atomic E-state index is 13.2. The molecule has 1 aliphatic heterocycles. The zero-order chi connectivity index (χ0) is 21.1. The Hall–Kier alpha value is -3.82. The summed E-state index contributed by atoms with van der Waals surface area (Å²) in [6.07, 6.45) is 0. The number of rotatable bonds is 4. The van der Waals surface area contributed by atoms with Crippen LogP contribution in [0.4, 0.5) is 11.6 Å². The van der Waals surface area contributed by atoms with Crippen molar-refractivity contribution in [3.05, 3.63) is 46.0 Å². The second-order valence-electron chi connectivity index (χ2n) is 6.80. The average molecular weight is 403 g/mol. The van der Waals surface area contributed by atoms with Gasteiger partial charge in [0.05, 0.1) is 13.1 Å². The van der Waals surface area contributed by atoms with E-state index >= 15 is 0 Å². The van der Waals surface area contributed by atoms with E-state index in [1.165, 1.54) is 4.57 Å². The van der Waals surface area contributed by atoms with E-state index in [2.05, 4.69) is 36.9 Å². The van der Waals surface area contributed by atoms with Gasteiger partial charge in [-0.1, -0.05) is 18.1 Å². The van der Waals surface area contributed by atoms with E-state index in [9.17, 15) is 4.79 Å². The number of fused-ring (bicyclic) bond motifs is 1. The van der Waals surface area contributed by atoms with Gasteiger partial charge >= 0.3 is 6.01 Å². The Morgan fingerprint density at radius 1 is 1.30 bits per heavy atom. The van der Waals surface area contributed by atoms with E-state index < -0.39 is 0 Å². The lowest BCUT2D eigenvalue weighted by Gasteiger charge is -2.28. The molecular weight excluding hydrogens is 382 g/mol. The van der Waals surface area contributed by atoms with E-state index in [1.54, 1.807) is 38.2 Å². The van der Waals surface area contributed by atoms with E-state index in [1.807, 2.05) is 4.57 Å². The first-order valence-corrected chi connectivity index (χ1v) is 9.60. The number of hydrogen-bond donors (Lipinski definition) is 1. The lowest BCUT2D eigenvalue weighted by molar-refractivity contribution is 0.415. The van der Waals surface area contributed by atoms with E-state index in [0.29, 0.717) is 35.1 Å². The van der Waals surface area contributed by atoms with Gasteiger partial charge < -0.3 is 15.0 Å². The number of piperazine rings is 1. The zero-order valence-electron chi connectivity index (χ0n) is 16.8. The van der Waals surface area contributed by atoms with Crippen LogP contribution in [0, 0.1) is 18.4 Å². The Bertz CT molecular complexity index is 1250. The summed E-state index contributed by atoms with van der Waals surface area (Å²) in [5.74, 6) is 7.03. The molecule has 3 aromatic rings. The highest BCUT2D eigenvalue weighted by Crippen LogP contribution is 2.26. The molecule has 30 heavy (non-hydrogen) atoms. The molecule has 9 nitrogen and oxygen atoms in total. The van der Waals surface area contributed by atoms with Gasteiger partial charge in [-0.05, 0) is 19.1 Å². The minimum Gasteiger partial charge on any atom is -0.427 e. The molecule has 3 heterocycles. The fourth-order valence-corrected chi connectivity index (χ4v) is 3.36. The van der Waals surface area contributed by atoms with Crippen molar-refractivity contribution >= 4 is 22.8 Å². The molecule has 0 bridgehead atoms. The number of nitrogens with one attached hydrogen (secondary N) is 1. The number of aromatic nitrogens is 4. The quantitative estimate of drug-likeness (QED) is 0.529. The van der Waals surface area contributed by atoms with Gasteiger partial charge in [-0.25, -0.2) is 4.85 Å². The van der Waals surface area contributed by atoms with Crippen molar-refractivity contribution in [2.75, 3.05) is 31.1 Å². The third-order valence-electron chi connectivity index (χ3n) is 4.89. The lowest BCUT2D eigenvalue weighted by atomic mass is 10.3. The maximum atomic E-state index is 13.2. The molecule has 1 fully saturated rings. The average Bonchev–Trinajstić information content (AvgIpc) is 3.15. The number of anilines is 1. The third kappa shape index (κ3) is 3.59. The van der Waals surface area contributed by atoms with Gasteiger partial charge in [0.25, 0.3) is 5.56 Å². The summed E-state index contributed by atoms with van der Waals surface area (Å²) in [4.78, 5) is 27.9. The SMILES string of the molecule is [C-]#[N+]c1cccc(Oc2nc3nc(N4CCNCC4)n(CC#CC)c3c(=O)n2C)c1. The van der Waals surface area contributed by atoms with Gasteiger partial charge in [0.1, 0.15) is 5.75 Å². The molecule has 0 amide bonds. The molecule has 1 saturated heterocycles. The van der Waals surface area contributed by atoms with E-state index in [-0.39, 0.29) is 11.6 Å². The molecule has 1 aliphatic rings. The Morgan fingerprint density at radius 3 is 2.83 bits per heavy atom. The summed E-state index contributed by atoms with van der Waals surface area (Å²) in [5.41, 5.74) is 0.905. The van der Waals surface area contributed by atoms with Crippen molar-refractivity contribution in [3.63, 3.8) is 0 Å². The van der Waals surface area contributed by atoms with Crippen molar-refractivity contribution in [2.45, 2.75) is 13.5 Å². The van der Waals surface area contributed by atoms with Crippen molar-refractivity contribution in [1.82, 2.24) is 24.4 Å². The fraction of sp³-hybridized carbons (Fsp3) is 0.333. The van der Waals surface area contributed by atoms with Crippen LogP contribution in [0.15, 0.2) is 29.1 Å². The summed E-state index contributed by atoms with van der Waals surface area (Å²) < 4.78 is 9.01. The van der Waals surface area contributed by atoms with Gasteiger partial charge in [0.15, 0.2) is 16.9 Å². The molecule has 9 heteroatoms. The molecule has 1 N–H and O–H groups in total. The molecule has 2 aromatic heterocycles. The maximum Gasteiger partial charge on any atom is 0.306 e. The number of benzene rings is 1. The monoisotopic (exact) mass is 403 g/mol. The van der Waals surface area contributed by atoms with E-state index in [0.717, 1.165) is 26.2 Å². The highest BCUT2D eigenvalue weighted by Gasteiger charge is 2.23. The standard InChI is InChI=1S/C21H21N7O2/c1-4-5-11-28-17-18(24-20(28)27-12-9-23-10-13-27)25-21(26(3)19(17)29)30-16-8-6-7-15(14-16)22-2/h6-8,14,23H,9-13H2,1,3H3. The fourth-order valence-electron chi connectivity index (χ4n) is 3.36. The normalized spacial score (nSPS) is 13.6. The summed E-state index contributed by atoms with van der Waals surface area (Å²) in [5, 5.41) is 3.32. The van der Waals surface area contributed by atoms with Crippen molar-refractivity contribution in [3.8, 4) is 23.6 Å². The smallest absolute Gasteiger partial charge is 0.306 e. The molecule has 4 rings (SSSR count). The Kier molecular flexibility index (Phi) is 5.38. The van der Waals surface area contributed by atoms with Crippen LogP contribution in [-0.4, -0.2) is 45.3 Å². The van der Waals surface area contributed by atoms with Gasteiger partial charge in [0.2, 0.25) is 5.95 Å². The van der Waals surface area contributed by atoms with Crippen LogP contribution in [-0.2, 0) is 13.6 Å². The predicted octanol–water partition coefficient (Wildman–Crippen LogP) is 1.91. The summed E-state index contributed by atoms with van der Waals surface area (Å²) in [6.45, 7) is 12.5. The first kappa shape index (κ1) is 19.5. The number of ether oxygens (including phenoxy) is 1. The number of hydrogen-bond acceptors (Lipinski definition) is 6. The van der Waals surface area contributed by atoms with Crippen LogP contribution in [0.3, 0.4) is 0 Å². The van der Waals surface area contributed by atoms with Gasteiger partial charge in [-0.2, -0.15) is 9.97 Å². The van der Waals surface area contributed by atoms with Crippen LogP contribution < -0.4 is 20.5 Å². The van der Waals surface area contributed by atoms with Crippen LogP contribution in [0.1, 0.15) is 6.92 Å². The molecule has 152 valence electrons. The van der Waals surface area contributed by atoms with Gasteiger partial charge in [0, 0.05) is 33.2 Å². The Labute approximate surface area is 173 Å². The topological polar surface area (TPSA) is 81.6 Å². The van der Waals surface area contributed by atoms with Crippen molar-refractivity contribution in [1.29, 1.82) is 0 Å². The van der Waals surface area contributed by atoms with Crippen LogP contribution in [0.2, 0.25) is 0 Å². The van der Waals surface area contributed by atoms with E-state index in [4.69, 9.17) is 11.3 Å². The molecule has 0 atom stereocenters. The van der Waals surface area contributed by atoms with Gasteiger partial charge in [-0.15, -0.1) is 5.92 Å². The second-order valence-corrected chi connectivity index (χ2v) is 6.80. The van der Waals surface area contributed by atoms with Crippen LogP contribution in [0.5, 0.6) is 11.8 Å². The first-order valence-electron chi connectivity index (χ1n) is 9.60. The minimum absolute atomic E-state index is 0.118. The highest BCUT2D eigenvalue weighted by molar-refractivity contribution is 5.75. The largest absolute Gasteiger partial charge is 0.427 e. The molecule has 0 unspecified atom stereocenters. The van der Waals surface area contributed by atoms with Crippen LogP contribution >= 0.6 is 0 Å². The molecule has 0 saturated carbocycles. The predicted molar refractivity (Wildman–Crippen MR) is 114 cm³/mol. The van der Waals surface area contributed by atoms with Crippen molar-refractivity contribution < 1.29 is 4.74 Å². The Balaban J connectivity index is 1.83. The Morgan fingerprint density at radius 2 is 2.10 bits per heavy atom. The second kappa shape index (κ2) is 8.27. The number of imidazole rings is 1. The third-order valence-corrected chi connectivity index (χ3v) is 4.89. The zero-order valence-corrected chi connectivity index (χ0v) is 16.8. The number of nitrogens with zero attached hydrogens (tertiary/aromatic N) is 6.